The van der Waals surface area contributed by atoms with Gasteiger partial charge in [-0.2, -0.15) is 0 Å². The molecule has 1 heterocycles. The quantitative estimate of drug-likeness (QED) is 0.473. The summed E-state index contributed by atoms with van der Waals surface area (Å²) in [6.07, 6.45) is 0. The van der Waals surface area contributed by atoms with Crippen molar-refractivity contribution in [1.29, 1.82) is 0 Å². The molecule has 6 nitrogen and oxygen atoms in total. The average Bonchev–Trinajstić information content (AvgIpc) is 2.71. The number of halogens is 1. The van der Waals surface area contributed by atoms with E-state index in [4.69, 9.17) is 0 Å². The van der Waals surface area contributed by atoms with Gasteiger partial charge in [0.15, 0.2) is 0 Å². The summed E-state index contributed by atoms with van der Waals surface area (Å²) in [4.78, 5) is 21.9. The Kier molecular flexibility index (Phi) is 2.88. The fourth-order valence-corrected chi connectivity index (χ4v) is 1.50. The van der Waals surface area contributed by atoms with Crippen LogP contribution in [0.5, 0.6) is 0 Å². The lowest BCUT2D eigenvalue weighted by atomic mass is 10.1. The Morgan fingerprint density at radius 1 is 1.44 bits per heavy atom. The van der Waals surface area contributed by atoms with Gasteiger partial charge in [0.2, 0.25) is 17.2 Å². The largest absolute Gasteiger partial charge is 0.353 e. The van der Waals surface area contributed by atoms with Gasteiger partial charge in [-0.3, -0.25) is 14.9 Å². The topological polar surface area (TPSA) is 86.2 Å². The molecule has 0 atom stereocenters. The summed E-state index contributed by atoms with van der Waals surface area (Å²) in [6.45, 7) is 1.31. The highest BCUT2D eigenvalue weighted by Crippen LogP contribution is 2.25. The van der Waals surface area contributed by atoms with Gasteiger partial charge in [-0.1, -0.05) is 17.3 Å². The predicted octanol–water partition coefficient (Wildman–Crippen LogP) is 2.26. The van der Waals surface area contributed by atoms with Crippen molar-refractivity contribution in [2.45, 2.75) is 6.92 Å². The molecule has 0 amide bonds. The van der Waals surface area contributed by atoms with Crippen LogP contribution in [0.2, 0.25) is 0 Å². The van der Waals surface area contributed by atoms with E-state index in [9.17, 15) is 19.3 Å². The minimum absolute atomic E-state index is 0.0975. The molecule has 1 aromatic heterocycles. The zero-order valence-corrected chi connectivity index (χ0v) is 9.21. The van der Waals surface area contributed by atoms with E-state index in [2.05, 4.69) is 9.68 Å². The molecule has 18 heavy (non-hydrogen) atoms. The number of rotatable bonds is 3. The monoisotopic (exact) mass is 250 g/mol. The fraction of sp³-hybridized carbons (Fsp3) is 0.0909. The number of carbonyl (C=O) groups is 1. The lowest BCUT2D eigenvalue weighted by Crippen LogP contribution is -2.07. The number of nitro groups is 1. The van der Waals surface area contributed by atoms with E-state index >= 15 is 0 Å². The van der Waals surface area contributed by atoms with Crippen LogP contribution >= 0.6 is 0 Å². The van der Waals surface area contributed by atoms with Gasteiger partial charge in [0, 0.05) is 6.92 Å². The second-order valence-electron chi connectivity index (χ2n) is 3.50. The van der Waals surface area contributed by atoms with Gasteiger partial charge < -0.3 is 4.52 Å². The van der Waals surface area contributed by atoms with E-state index in [-0.39, 0.29) is 11.3 Å². The van der Waals surface area contributed by atoms with E-state index in [1.165, 1.54) is 25.1 Å². The number of ketones is 1. The van der Waals surface area contributed by atoms with Crippen LogP contribution in [0.15, 0.2) is 28.8 Å². The minimum atomic E-state index is -0.878. The normalized spacial score (nSPS) is 10.3. The first-order valence-corrected chi connectivity index (χ1v) is 4.92. The zero-order chi connectivity index (χ0) is 13.3. The first-order chi connectivity index (χ1) is 8.52. The van der Waals surface area contributed by atoms with Crippen molar-refractivity contribution >= 4 is 11.5 Å². The van der Waals surface area contributed by atoms with Crippen LogP contribution in [0.1, 0.15) is 21.8 Å². The van der Waals surface area contributed by atoms with Crippen LogP contribution in [0.25, 0.3) is 0 Å². The van der Waals surface area contributed by atoms with Crippen molar-refractivity contribution in [1.82, 2.24) is 5.16 Å². The summed E-state index contributed by atoms with van der Waals surface area (Å²) in [7, 11) is 0. The van der Waals surface area contributed by atoms with Crippen molar-refractivity contribution < 1.29 is 18.6 Å². The molecule has 92 valence electrons. The molecule has 2 aromatic rings. The summed E-state index contributed by atoms with van der Waals surface area (Å²) >= 11 is 0. The fourth-order valence-electron chi connectivity index (χ4n) is 1.50. The maximum Gasteiger partial charge on any atom is 0.342 e. The lowest BCUT2D eigenvalue weighted by Gasteiger charge is -1.98. The van der Waals surface area contributed by atoms with E-state index < -0.39 is 27.9 Å². The minimum Gasteiger partial charge on any atom is -0.353 e. The molecule has 0 fully saturated rings. The Balaban J connectivity index is 2.54. The third kappa shape index (κ3) is 1.86. The van der Waals surface area contributed by atoms with Crippen LogP contribution < -0.4 is 0 Å². The molecular weight excluding hydrogens is 243 g/mol. The molecule has 0 spiro atoms. The Hall–Kier alpha value is -2.57. The number of nitrogens with zero attached hydrogens (tertiary/aromatic N) is 2. The summed E-state index contributed by atoms with van der Waals surface area (Å²) in [5.74, 6) is -1.74. The molecule has 0 radical (unpaired) electrons. The molecule has 0 aliphatic rings. The van der Waals surface area contributed by atoms with Crippen LogP contribution in [-0.4, -0.2) is 15.9 Å². The number of benzene rings is 1. The lowest BCUT2D eigenvalue weighted by molar-refractivity contribution is -0.386. The van der Waals surface area contributed by atoms with E-state index in [0.717, 1.165) is 6.07 Å². The Morgan fingerprint density at radius 3 is 2.72 bits per heavy atom. The standard InChI is InChI=1S/C11H7FN2O4/c1-6-10(14(16)17)9(13-18-6)11(15)7-4-2-3-5-8(7)12/h2-5H,1H3. The number of aryl methyl sites for hydroxylation is 1. The Bertz CT molecular complexity index is 636. The SMILES string of the molecule is Cc1onc(C(=O)c2ccccc2F)c1[N+](=O)[O-]. The van der Waals surface area contributed by atoms with E-state index in [1.54, 1.807) is 0 Å². The Labute approximate surface area is 100 Å². The van der Waals surface area contributed by atoms with Crippen molar-refractivity contribution in [3.8, 4) is 0 Å². The smallest absolute Gasteiger partial charge is 0.342 e. The molecule has 0 saturated carbocycles. The first-order valence-electron chi connectivity index (χ1n) is 4.92. The summed E-state index contributed by atoms with van der Waals surface area (Å²) < 4.78 is 18.0. The van der Waals surface area contributed by atoms with E-state index in [0.29, 0.717) is 0 Å². The molecular formula is C11H7FN2O4. The predicted molar refractivity (Wildman–Crippen MR) is 57.7 cm³/mol. The highest BCUT2D eigenvalue weighted by atomic mass is 19.1. The third-order valence-electron chi connectivity index (χ3n) is 2.35. The van der Waals surface area contributed by atoms with Crippen molar-refractivity contribution in [3.05, 3.63) is 57.2 Å². The maximum atomic E-state index is 13.4. The van der Waals surface area contributed by atoms with Gasteiger partial charge in [-0.15, -0.1) is 0 Å². The number of carbonyl (C=O) groups excluding carboxylic acids is 1. The van der Waals surface area contributed by atoms with Gasteiger partial charge in [-0.25, -0.2) is 4.39 Å². The molecule has 1 aromatic carbocycles. The molecule has 0 bridgehead atoms. The van der Waals surface area contributed by atoms with Crippen LogP contribution in [0.4, 0.5) is 10.1 Å². The summed E-state index contributed by atoms with van der Waals surface area (Å²) in [5, 5.41) is 14.1. The molecule has 0 aliphatic heterocycles. The molecule has 0 saturated heterocycles. The van der Waals surface area contributed by atoms with Crippen LogP contribution in [0, 0.1) is 22.9 Å². The second kappa shape index (κ2) is 4.36. The third-order valence-corrected chi connectivity index (χ3v) is 2.35. The average molecular weight is 250 g/mol. The molecule has 0 aliphatic carbocycles. The maximum absolute atomic E-state index is 13.4. The van der Waals surface area contributed by atoms with Gasteiger partial charge >= 0.3 is 5.69 Å². The zero-order valence-electron chi connectivity index (χ0n) is 9.21. The molecule has 0 N–H and O–H groups in total. The van der Waals surface area contributed by atoms with Gasteiger partial charge in [-0.05, 0) is 12.1 Å². The first kappa shape index (κ1) is 11.9. The van der Waals surface area contributed by atoms with E-state index in [1.807, 2.05) is 0 Å². The molecule has 2 rings (SSSR count). The van der Waals surface area contributed by atoms with Gasteiger partial charge in [0.25, 0.3) is 0 Å². The highest BCUT2D eigenvalue weighted by Gasteiger charge is 2.31. The highest BCUT2D eigenvalue weighted by molar-refractivity contribution is 6.10. The number of aromatic nitrogens is 1. The number of hydrogen-bond acceptors (Lipinski definition) is 5. The summed E-state index contributed by atoms with van der Waals surface area (Å²) in [5.41, 5.74) is -1.32. The van der Waals surface area contributed by atoms with Crippen molar-refractivity contribution in [2.75, 3.05) is 0 Å². The second-order valence-corrected chi connectivity index (χ2v) is 3.50. The van der Waals surface area contributed by atoms with Crippen LogP contribution in [-0.2, 0) is 0 Å². The van der Waals surface area contributed by atoms with Gasteiger partial charge in [0.1, 0.15) is 5.82 Å². The molecule has 7 heteroatoms. The van der Waals surface area contributed by atoms with Crippen LogP contribution in [0.3, 0.4) is 0 Å². The van der Waals surface area contributed by atoms with Crippen molar-refractivity contribution in [2.24, 2.45) is 0 Å². The Morgan fingerprint density at radius 2 is 2.11 bits per heavy atom. The van der Waals surface area contributed by atoms with Gasteiger partial charge in [0.05, 0.1) is 10.5 Å². The molecule has 0 unspecified atom stereocenters. The van der Waals surface area contributed by atoms with Crippen molar-refractivity contribution in [3.63, 3.8) is 0 Å². The number of hydrogen-bond donors (Lipinski definition) is 0. The summed E-state index contributed by atoms with van der Waals surface area (Å²) in [6, 6.07) is 5.18.